The van der Waals surface area contributed by atoms with Crippen molar-refractivity contribution in [1.82, 2.24) is 10.3 Å². The van der Waals surface area contributed by atoms with E-state index in [1.54, 1.807) is 0 Å². The van der Waals surface area contributed by atoms with Crippen LogP contribution in [-0.4, -0.2) is 23.2 Å². The first kappa shape index (κ1) is 12.5. The Morgan fingerprint density at radius 1 is 1.53 bits per heavy atom. The lowest BCUT2D eigenvalue weighted by Crippen LogP contribution is -2.31. The molecule has 1 N–H and O–H groups in total. The van der Waals surface area contributed by atoms with E-state index in [9.17, 15) is 0 Å². The second kappa shape index (κ2) is 5.15. The standard InChI is InChI=1S/C14H22N2O/c1-11(13-6-4-5-9-15-13)16-10-12-7-8-14(2,3)17-12/h4-6,9,11-12,16H,7-8,10H2,1-3H3/t11-,12?/m1/s1. The molecule has 1 fully saturated rings. The summed E-state index contributed by atoms with van der Waals surface area (Å²) in [6.45, 7) is 7.37. The molecule has 17 heavy (non-hydrogen) atoms. The first-order valence-electron chi connectivity index (χ1n) is 6.39. The number of aromatic nitrogens is 1. The smallest absolute Gasteiger partial charge is 0.0708 e. The molecule has 1 unspecified atom stereocenters. The molecule has 1 aromatic heterocycles. The predicted molar refractivity (Wildman–Crippen MR) is 68.8 cm³/mol. The molecule has 94 valence electrons. The molecule has 2 heterocycles. The molecule has 0 spiro atoms. The third-order valence-corrected chi connectivity index (χ3v) is 3.34. The maximum atomic E-state index is 5.95. The van der Waals surface area contributed by atoms with Crippen LogP contribution in [0.15, 0.2) is 24.4 Å². The number of hydrogen-bond donors (Lipinski definition) is 1. The van der Waals surface area contributed by atoms with Crippen molar-refractivity contribution in [2.75, 3.05) is 6.54 Å². The highest BCUT2D eigenvalue weighted by atomic mass is 16.5. The maximum Gasteiger partial charge on any atom is 0.0708 e. The molecule has 1 aliphatic rings. The summed E-state index contributed by atoms with van der Waals surface area (Å²) in [5.74, 6) is 0. The second-order valence-corrected chi connectivity index (χ2v) is 5.42. The van der Waals surface area contributed by atoms with Gasteiger partial charge in [-0.2, -0.15) is 0 Å². The van der Waals surface area contributed by atoms with Crippen LogP contribution in [0.4, 0.5) is 0 Å². The minimum absolute atomic E-state index is 0.0561. The second-order valence-electron chi connectivity index (χ2n) is 5.42. The quantitative estimate of drug-likeness (QED) is 0.869. The van der Waals surface area contributed by atoms with Crippen LogP contribution in [0.1, 0.15) is 45.3 Å². The molecule has 2 rings (SSSR count). The number of hydrogen-bond acceptors (Lipinski definition) is 3. The zero-order valence-electron chi connectivity index (χ0n) is 10.9. The monoisotopic (exact) mass is 234 g/mol. The fourth-order valence-corrected chi connectivity index (χ4v) is 2.27. The number of nitrogens with one attached hydrogen (secondary N) is 1. The summed E-state index contributed by atoms with van der Waals surface area (Å²) in [5, 5.41) is 3.49. The van der Waals surface area contributed by atoms with Crippen LogP contribution < -0.4 is 5.32 Å². The van der Waals surface area contributed by atoms with E-state index in [1.165, 1.54) is 0 Å². The van der Waals surface area contributed by atoms with Gasteiger partial charge in [-0.3, -0.25) is 4.98 Å². The molecule has 0 aromatic carbocycles. The van der Waals surface area contributed by atoms with Gasteiger partial charge < -0.3 is 10.1 Å². The number of nitrogens with zero attached hydrogens (tertiary/aromatic N) is 1. The van der Waals surface area contributed by atoms with Crippen LogP contribution in [0, 0.1) is 0 Å². The molecule has 1 aromatic rings. The molecule has 1 saturated heterocycles. The van der Waals surface area contributed by atoms with E-state index < -0.39 is 0 Å². The third-order valence-electron chi connectivity index (χ3n) is 3.34. The molecule has 3 heteroatoms. The first-order valence-corrected chi connectivity index (χ1v) is 6.39. The molecule has 1 aliphatic heterocycles. The van der Waals surface area contributed by atoms with E-state index >= 15 is 0 Å². The van der Waals surface area contributed by atoms with Crippen molar-refractivity contribution in [3.63, 3.8) is 0 Å². The van der Waals surface area contributed by atoms with Gasteiger partial charge in [0.15, 0.2) is 0 Å². The van der Waals surface area contributed by atoms with Gasteiger partial charge in [0.2, 0.25) is 0 Å². The van der Waals surface area contributed by atoms with Gasteiger partial charge >= 0.3 is 0 Å². The number of pyridine rings is 1. The Kier molecular flexibility index (Phi) is 3.79. The van der Waals surface area contributed by atoms with Gasteiger partial charge in [-0.05, 0) is 45.7 Å². The van der Waals surface area contributed by atoms with Gasteiger partial charge in [-0.1, -0.05) is 6.07 Å². The van der Waals surface area contributed by atoms with Crippen molar-refractivity contribution >= 4 is 0 Å². The number of rotatable bonds is 4. The summed E-state index contributed by atoms with van der Waals surface area (Å²) in [7, 11) is 0. The largest absolute Gasteiger partial charge is 0.371 e. The summed E-state index contributed by atoms with van der Waals surface area (Å²) >= 11 is 0. The van der Waals surface area contributed by atoms with Gasteiger partial charge in [-0.15, -0.1) is 0 Å². The van der Waals surface area contributed by atoms with Gasteiger partial charge in [0.05, 0.1) is 17.4 Å². The average Bonchev–Trinajstić information content (AvgIpc) is 2.67. The van der Waals surface area contributed by atoms with Crippen LogP contribution in [-0.2, 0) is 4.74 Å². The summed E-state index contributed by atoms with van der Waals surface area (Å²) < 4.78 is 5.95. The van der Waals surface area contributed by atoms with Crippen molar-refractivity contribution in [1.29, 1.82) is 0 Å². The zero-order valence-corrected chi connectivity index (χ0v) is 10.9. The maximum absolute atomic E-state index is 5.95. The van der Waals surface area contributed by atoms with E-state index in [0.29, 0.717) is 6.10 Å². The summed E-state index contributed by atoms with van der Waals surface area (Å²) in [6.07, 6.45) is 4.48. The van der Waals surface area contributed by atoms with Crippen LogP contribution >= 0.6 is 0 Å². The molecule has 0 aliphatic carbocycles. The van der Waals surface area contributed by atoms with E-state index in [-0.39, 0.29) is 11.6 Å². The van der Waals surface area contributed by atoms with Gasteiger partial charge in [0.1, 0.15) is 0 Å². The van der Waals surface area contributed by atoms with Crippen molar-refractivity contribution in [3.05, 3.63) is 30.1 Å². The highest BCUT2D eigenvalue weighted by Crippen LogP contribution is 2.29. The van der Waals surface area contributed by atoms with Crippen molar-refractivity contribution in [3.8, 4) is 0 Å². The molecule has 0 bridgehead atoms. The fourth-order valence-electron chi connectivity index (χ4n) is 2.27. The Balaban J connectivity index is 1.79. The van der Waals surface area contributed by atoms with Crippen molar-refractivity contribution in [2.45, 2.75) is 51.4 Å². The third kappa shape index (κ3) is 3.51. The predicted octanol–water partition coefficient (Wildman–Crippen LogP) is 2.69. The first-order chi connectivity index (χ1) is 8.07. The minimum Gasteiger partial charge on any atom is -0.371 e. The van der Waals surface area contributed by atoms with Gasteiger partial charge in [0.25, 0.3) is 0 Å². The zero-order chi connectivity index (χ0) is 12.3. The highest BCUT2D eigenvalue weighted by Gasteiger charge is 2.31. The SMILES string of the molecule is C[C@@H](NCC1CCC(C)(C)O1)c1ccccn1. The van der Waals surface area contributed by atoms with E-state index in [0.717, 1.165) is 25.1 Å². The highest BCUT2D eigenvalue weighted by molar-refractivity contribution is 5.07. The Hall–Kier alpha value is -0.930. The Morgan fingerprint density at radius 2 is 2.35 bits per heavy atom. The van der Waals surface area contributed by atoms with Crippen LogP contribution in [0.2, 0.25) is 0 Å². The fraction of sp³-hybridized carbons (Fsp3) is 0.643. The van der Waals surface area contributed by atoms with Crippen LogP contribution in [0.5, 0.6) is 0 Å². The normalized spacial score (nSPS) is 24.8. The average molecular weight is 234 g/mol. The van der Waals surface area contributed by atoms with Gasteiger partial charge in [-0.25, -0.2) is 0 Å². The molecule has 2 atom stereocenters. The molecule has 0 amide bonds. The molecule has 0 saturated carbocycles. The Labute approximate surface area is 104 Å². The molecular weight excluding hydrogens is 212 g/mol. The lowest BCUT2D eigenvalue weighted by Gasteiger charge is -2.21. The summed E-state index contributed by atoms with van der Waals surface area (Å²) in [4.78, 5) is 4.35. The lowest BCUT2D eigenvalue weighted by molar-refractivity contribution is -0.0150. The van der Waals surface area contributed by atoms with Crippen molar-refractivity contribution < 1.29 is 4.74 Å². The lowest BCUT2D eigenvalue weighted by atomic mass is 10.1. The topological polar surface area (TPSA) is 34.1 Å². The summed E-state index contributed by atoms with van der Waals surface area (Å²) in [5.41, 5.74) is 1.14. The van der Waals surface area contributed by atoms with E-state index in [4.69, 9.17) is 4.74 Å². The molecular formula is C14H22N2O. The molecule has 3 nitrogen and oxygen atoms in total. The van der Waals surface area contributed by atoms with E-state index in [2.05, 4.69) is 37.1 Å². The van der Waals surface area contributed by atoms with Crippen LogP contribution in [0.25, 0.3) is 0 Å². The minimum atomic E-state index is 0.0561. The van der Waals surface area contributed by atoms with E-state index in [1.807, 2.05) is 18.3 Å². The molecule has 0 radical (unpaired) electrons. The Bertz CT molecular complexity index is 350. The Morgan fingerprint density at radius 3 is 2.94 bits per heavy atom. The summed E-state index contributed by atoms with van der Waals surface area (Å²) in [6, 6.07) is 6.30. The van der Waals surface area contributed by atoms with Crippen LogP contribution in [0.3, 0.4) is 0 Å². The van der Waals surface area contributed by atoms with Crippen molar-refractivity contribution in [2.24, 2.45) is 0 Å². The number of ether oxygens (including phenoxy) is 1. The van der Waals surface area contributed by atoms with Gasteiger partial charge in [0, 0.05) is 18.8 Å².